The van der Waals surface area contributed by atoms with E-state index in [-0.39, 0.29) is 6.61 Å². The van der Waals surface area contributed by atoms with Gasteiger partial charge in [-0.15, -0.1) is 0 Å². The Balaban J connectivity index is 2.65. The average Bonchev–Trinajstić information content (AvgIpc) is 2.55. The van der Waals surface area contributed by atoms with Crippen LogP contribution in [0.15, 0.2) is 6.20 Å². The van der Waals surface area contributed by atoms with Gasteiger partial charge in [0.15, 0.2) is 0 Å². The van der Waals surface area contributed by atoms with Crippen LogP contribution in [0.5, 0.6) is 5.88 Å². The van der Waals surface area contributed by atoms with Crippen molar-refractivity contribution < 1.29 is 9.53 Å². The normalized spacial score (nSPS) is 12.2. The lowest BCUT2D eigenvalue weighted by Crippen LogP contribution is -2.29. The van der Waals surface area contributed by atoms with Crippen molar-refractivity contribution in [3.63, 3.8) is 0 Å². The number of aryl methyl sites for hydroxylation is 1. The van der Waals surface area contributed by atoms with Crippen LogP contribution in [0.2, 0.25) is 0 Å². The molecule has 1 atom stereocenters. The summed E-state index contributed by atoms with van der Waals surface area (Å²) in [5.74, 6) is 0.574. The number of nitrogens with two attached hydrogens (primary N) is 1. The number of rotatable bonds is 5. The maximum atomic E-state index is 10.3. The number of hydrogen-bond donors (Lipinski definition) is 2. The van der Waals surface area contributed by atoms with Crippen molar-refractivity contribution in [1.82, 2.24) is 9.78 Å². The van der Waals surface area contributed by atoms with E-state index in [9.17, 15) is 4.79 Å². The highest BCUT2D eigenvalue weighted by atomic mass is 16.5. The summed E-state index contributed by atoms with van der Waals surface area (Å²) >= 11 is 0. The summed E-state index contributed by atoms with van der Waals surface area (Å²) in [6, 6.07) is -0.602. The SMILES string of the molecule is CNc1cnn(C)c1OCC(N)C=O. The molecule has 3 N–H and O–H groups in total. The number of ether oxygens (including phenoxy) is 1. The Morgan fingerprint density at radius 3 is 3.14 bits per heavy atom. The lowest BCUT2D eigenvalue weighted by atomic mass is 10.4. The van der Waals surface area contributed by atoms with Gasteiger partial charge in [0.2, 0.25) is 5.88 Å². The topological polar surface area (TPSA) is 82.2 Å². The van der Waals surface area contributed by atoms with E-state index in [1.165, 1.54) is 0 Å². The third-order valence-electron chi connectivity index (χ3n) is 1.74. The van der Waals surface area contributed by atoms with Crippen molar-refractivity contribution in [2.45, 2.75) is 6.04 Å². The molecule has 1 aromatic heterocycles. The number of hydrogen-bond acceptors (Lipinski definition) is 5. The fourth-order valence-electron chi connectivity index (χ4n) is 0.983. The summed E-state index contributed by atoms with van der Waals surface area (Å²) in [4.78, 5) is 10.3. The fourth-order valence-corrected chi connectivity index (χ4v) is 0.983. The molecule has 1 aromatic rings. The molecule has 0 aliphatic rings. The zero-order valence-electron chi connectivity index (χ0n) is 8.23. The Kier molecular flexibility index (Phi) is 3.47. The van der Waals surface area contributed by atoms with Crippen molar-refractivity contribution in [3.8, 4) is 5.88 Å². The van der Waals surface area contributed by atoms with Gasteiger partial charge in [0, 0.05) is 14.1 Å². The smallest absolute Gasteiger partial charge is 0.235 e. The predicted octanol–water partition coefficient (Wildman–Crippen LogP) is -0.633. The second kappa shape index (κ2) is 4.61. The minimum Gasteiger partial charge on any atom is -0.474 e. The van der Waals surface area contributed by atoms with E-state index in [2.05, 4.69) is 10.4 Å². The predicted molar refractivity (Wildman–Crippen MR) is 52.3 cm³/mol. The lowest BCUT2D eigenvalue weighted by Gasteiger charge is -2.09. The van der Waals surface area contributed by atoms with Gasteiger partial charge in [0.05, 0.1) is 12.2 Å². The van der Waals surface area contributed by atoms with Crippen LogP contribution in [-0.4, -0.2) is 35.8 Å². The molecular formula is C8H14N4O2. The monoisotopic (exact) mass is 198 g/mol. The Bertz CT molecular complexity index is 310. The number of carbonyl (C=O) groups is 1. The summed E-state index contributed by atoms with van der Waals surface area (Å²) in [5.41, 5.74) is 6.16. The fraction of sp³-hybridized carbons (Fsp3) is 0.500. The van der Waals surface area contributed by atoms with E-state index in [1.807, 2.05) is 0 Å². The van der Waals surface area contributed by atoms with Gasteiger partial charge in [-0.25, -0.2) is 4.68 Å². The number of aromatic nitrogens is 2. The molecule has 1 rings (SSSR count). The summed E-state index contributed by atoms with van der Waals surface area (Å²) < 4.78 is 6.91. The molecule has 6 nitrogen and oxygen atoms in total. The van der Waals surface area contributed by atoms with Crippen LogP contribution in [0.4, 0.5) is 5.69 Å². The highest BCUT2D eigenvalue weighted by Crippen LogP contribution is 2.21. The quantitative estimate of drug-likeness (QED) is 0.615. The number of nitrogens with zero attached hydrogens (tertiary/aromatic N) is 2. The molecule has 0 saturated heterocycles. The second-order valence-electron chi connectivity index (χ2n) is 2.85. The molecule has 0 amide bonds. The Hall–Kier alpha value is -1.56. The van der Waals surface area contributed by atoms with Crippen LogP contribution in [0.1, 0.15) is 0 Å². The Labute approximate surface area is 82.0 Å². The molecule has 1 heterocycles. The number of aldehydes is 1. The van der Waals surface area contributed by atoms with Gasteiger partial charge in [0.25, 0.3) is 0 Å². The molecule has 0 aliphatic carbocycles. The molecular weight excluding hydrogens is 184 g/mol. The third kappa shape index (κ3) is 2.23. The summed E-state index contributed by atoms with van der Waals surface area (Å²) in [6.07, 6.45) is 2.29. The van der Waals surface area contributed by atoms with Crippen molar-refractivity contribution in [2.75, 3.05) is 19.0 Å². The van der Waals surface area contributed by atoms with E-state index in [4.69, 9.17) is 10.5 Å². The molecule has 0 radical (unpaired) electrons. The maximum absolute atomic E-state index is 10.3. The third-order valence-corrected chi connectivity index (χ3v) is 1.74. The van der Waals surface area contributed by atoms with E-state index >= 15 is 0 Å². The maximum Gasteiger partial charge on any atom is 0.235 e. The highest BCUT2D eigenvalue weighted by Gasteiger charge is 2.09. The number of carbonyl (C=O) groups excluding carboxylic acids is 1. The molecule has 0 aromatic carbocycles. The van der Waals surface area contributed by atoms with Gasteiger partial charge >= 0.3 is 0 Å². The van der Waals surface area contributed by atoms with Gasteiger partial charge in [-0.3, -0.25) is 0 Å². The van der Waals surface area contributed by atoms with Crippen LogP contribution in [-0.2, 0) is 11.8 Å². The molecule has 0 aliphatic heterocycles. The van der Waals surface area contributed by atoms with Crippen LogP contribution in [0.25, 0.3) is 0 Å². The minimum absolute atomic E-state index is 0.151. The van der Waals surface area contributed by atoms with E-state index < -0.39 is 6.04 Å². The summed E-state index contributed by atoms with van der Waals surface area (Å²) in [6.45, 7) is 0.151. The number of nitrogens with one attached hydrogen (secondary N) is 1. The first-order valence-corrected chi connectivity index (χ1v) is 4.22. The summed E-state index contributed by atoms with van der Waals surface area (Å²) in [7, 11) is 3.52. The largest absolute Gasteiger partial charge is 0.474 e. The van der Waals surface area contributed by atoms with E-state index in [0.717, 1.165) is 5.69 Å². The number of anilines is 1. The van der Waals surface area contributed by atoms with Crippen molar-refractivity contribution >= 4 is 12.0 Å². The summed E-state index contributed by atoms with van der Waals surface area (Å²) in [5, 5.41) is 6.91. The first-order valence-electron chi connectivity index (χ1n) is 4.22. The average molecular weight is 198 g/mol. The molecule has 14 heavy (non-hydrogen) atoms. The van der Waals surface area contributed by atoms with Crippen molar-refractivity contribution in [2.24, 2.45) is 12.8 Å². The first-order chi connectivity index (χ1) is 6.69. The Morgan fingerprint density at radius 1 is 1.86 bits per heavy atom. The van der Waals surface area contributed by atoms with E-state index in [0.29, 0.717) is 12.2 Å². The molecule has 78 valence electrons. The van der Waals surface area contributed by atoms with Crippen molar-refractivity contribution in [3.05, 3.63) is 6.20 Å². The van der Waals surface area contributed by atoms with Crippen LogP contribution in [0, 0.1) is 0 Å². The molecule has 6 heteroatoms. The van der Waals surface area contributed by atoms with Crippen LogP contribution >= 0.6 is 0 Å². The molecule has 0 bridgehead atoms. The van der Waals surface area contributed by atoms with Gasteiger partial charge < -0.3 is 20.6 Å². The van der Waals surface area contributed by atoms with Crippen molar-refractivity contribution in [1.29, 1.82) is 0 Å². The molecule has 0 saturated carbocycles. The lowest BCUT2D eigenvalue weighted by molar-refractivity contribution is -0.109. The second-order valence-corrected chi connectivity index (χ2v) is 2.85. The van der Waals surface area contributed by atoms with Gasteiger partial charge in [-0.05, 0) is 0 Å². The van der Waals surface area contributed by atoms with Crippen LogP contribution < -0.4 is 15.8 Å². The zero-order valence-corrected chi connectivity index (χ0v) is 8.23. The van der Waals surface area contributed by atoms with Gasteiger partial charge in [0.1, 0.15) is 18.6 Å². The van der Waals surface area contributed by atoms with Gasteiger partial charge in [-0.2, -0.15) is 5.10 Å². The Morgan fingerprint density at radius 2 is 2.57 bits per heavy atom. The first kappa shape index (κ1) is 10.5. The molecule has 1 unspecified atom stereocenters. The molecule has 0 spiro atoms. The van der Waals surface area contributed by atoms with Gasteiger partial charge in [-0.1, -0.05) is 0 Å². The van der Waals surface area contributed by atoms with E-state index in [1.54, 1.807) is 25.0 Å². The highest BCUT2D eigenvalue weighted by molar-refractivity contribution is 5.57. The van der Waals surface area contributed by atoms with Crippen LogP contribution in [0.3, 0.4) is 0 Å². The molecule has 0 fully saturated rings. The standard InChI is InChI=1S/C8H14N4O2/c1-10-7-3-11-12(2)8(7)14-5-6(9)4-13/h3-4,6,10H,5,9H2,1-2H3. The minimum atomic E-state index is -0.602. The zero-order chi connectivity index (χ0) is 10.6.